The molecule has 5 nitrogen and oxygen atoms in total. The third-order valence-electron chi connectivity index (χ3n) is 6.19. The van der Waals surface area contributed by atoms with Gasteiger partial charge in [0.25, 0.3) is 0 Å². The summed E-state index contributed by atoms with van der Waals surface area (Å²) in [4.78, 5) is 13.6. The van der Waals surface area contributed by atoms with Crippen LogP contribution < -0.4 is 15.4 Å². The van der Waals surface area contributed by atoms with Crippen LogP contribution in [0.4, 0.5) is 11.4 Å². The standard InChI is InChI=1S/C26H23ClN2O3/c1-32-24-11-10-15(13-22(24)30)26-25-21(28-19-8-4-5-9-20(19)29-26)12-16(14-23(25)31)17-6-2-3-7-18(17)27/h2-11,13,16,26,28-30H,12,14H2,1H3. The van der Waals surface area contributed by atoms with Crippen molar-refractivity contribution in [3.8, 4) is 11.5 Å². The third kappa shape index (κ3) is 3.59. The van der Waals surface area contributed by atoms with Gasteiger partial charge in [-0.1, -0.05) is 48.0 Å². The van der Waals surface area contributed by atoms with Gasteiger partial charge in [-0.2, -0.15) is 0 Å². The fraction of sp³-hybridized carbons (Fsp3) is 0.192. The minimum absolute atomic E-state index is 0.00219. The maximum absolute atomic E-state index is 13.6. The number of hydrogen-bond acceptors (Lipinski definition) is 5. The Bertz CT molecular complexity index is 1240. The number of nitrogens with one attached hydrogen (secondary N) is 2. The maximum atomic E-state index is 13.6. The number of allylic oxidation sites excluding steroid dienone is 1. The highest BCUT2D eigenvalue weighted by molar-refractivity contribution is 6.31. The van der Waals surface area contributed by atoms with Gasteiger partial charge in [-0.05, 0) is 53.8 Å². The quantitative estimate of drug-likeness (QED) is 0.458. The van der Waals surface area contributed by atoms with Crippen LogP contribution in [0.3, 0.4) is 0 Å². The Hall–Kier alpha value is -3.44. The minimum Gasteiger partial charge on any atom is -0.504 e. The van der Waals surface area contributed by atoms with Crippen molar-refractivity contribution < 1.29 is 14.6 Å². The van der Waals surface area contributed by atoms with Gasteiger partial charge in [-0.3, -0.25) is 4.79 Å². The van der Waals surface area contributed by atoms with E-state index < -0.39 is 6.04 Å². The first-order valence-electron chi connectivity index (χ1n) is 10.6. The monoisotopic (exact) mass is 446 g/mol. The lowest BCUT2D eigenvalue weighted by molar-refractivity contribution is -0.116. The highest BCUT2D eigenvalue weighted by Crippen LogP contribution is 2.46. The summed E-state index contributed by atoms with van der Waals surface area (Å²) >= 11 is 6.46. The van der Waals surface area contributed by atoms with E-state index in [9.17, 15) is 9.90 Å². The van der Waals surface area contributed by atoms with Gasteiger partial charge in [-0.25, -0.2) is 0 Å². The molecule has 2 unspecified atom stereocenters. The smallest absolute Gasteiger partial charge is 0.163 e. The highest BCUT2D eigenvalue weighted by atomic mass is 35.5. The Labute approximate surface area is 191 Å². The molecule has 0 saturated heterocycles. The van der Waals surface area contributed by atoms with Crippen molar-refractivity contribution in [2.24, 2.45) is 0 Å². The van der Waals surface area contributed by atoms with Crippen molar-refractivity contribution in [3.63, 3.8) is 0 Å². The number of methoxy groups -OCH3 is 1. The molecule has 1 heterocycles. The van der Waals surface area contributed by atoms with Crippen LogP contribution in [-0.4, -0.2) is 18.0 Å². The first kappa shape index (κ1) is 20.5. The number of carbonyl (C=O) groups is 1. The van der Waals surface area contributed by atoms with Crippen molar-refractivity contribution in [1.29, 1.82) is 0 Å². The van der Waals surface area contributed by atoms with Crippen LogP contribution in [0.15, 0.2) is 78.0 Å². The van der Waals surface area contributed by atoms with E-state index in [2.05, 4.69) is 10.6 Å². The molecule has 3 aromatic rings. The third-order valence-corrected chi connectivity index (χ3v) is 6.53. The van der Waals surface area contributed by atoms with Crippen molar-refractivity contribution >= 4 is 28.8 Å². The molecule has 0 spiro atoms. The summed E-state index contributed by atoms with van der Waals surface area (Å²) in [6, 6.07) is 20.4. The van der Waals surface area contributed by atoms with E-state index in [1.54, 1.807) is 12.1 Å². The largest absolute Gasteiger partial charge is 0.504 e. The SMILES string of the molecule is COc1ccc(C2Nc3ccccc3NC3=C2C(=O)CC(c2ccccc2Cl)C3)cc1O. The lowest BCUT2D eigenvalue weighted by atomic mass is 9.78. The van der Waals surface area contributed by atoms with Crippen molar-refractivity contribution in [3.05, 3.63) is 94.1 Å². The molecule has 0 radical (unpaired) electrons. The Kier molecular flexibility index (Phi) is 5.27. The second-order valence-corrected chi connectivity index (χ2v) is 8.53. The number of phenols is 1. The summed E-state index contributed by atoms with van der Waals surface area (Å²) < 4.78 is 5.20. The number of hydrogen-bond donors (Lipinski definition) is 3. The lowest BCUT2D eigenvalue weighted by Gasteiger charge is -2.30. The van der Waals surface area contributed by atoms with Crippen LogP contribution >= 0.6 is 11.6 Å². The number of benzene rings is 3. The van der Waals surface area contributed by atoms with E-state index in [1.165, 1.54) is 7.11 Å². The van der Waals surface area contributed by atoms with Gasteiger partial charge >= 0.3 is 0 Å². The zero-order valence-electron chi connectivity index (χ0n) is 17.6. The van der Waals surface area contributed by atoms with E-state index in [0.29, 0.717) is 29.2 Å². The summed E-state index contributed by atoms with van der Waals surface area (Å²) in [7, 11) is 1.51. The van der Waals surface area contributed by atoms with Crippen LogP contribution in [0.5, 0.6) is 11.5 Å². The number of para-hydroxylation sites is 2. The van der Waals surface area contributed by atoms with Gasteiger partial charge in [0.05, 0.1) is 24.5 Å². The number of ether oxygens (including phenoxy) is 1. The molecule has 2 atom stereocenters. The van der Waals surface area contributed by atoms with Gasteiger partial charge in [0, 0.05) is 22.7 Å². The molecule has 0 amide bonds. The Morgan fingerprint density at radius 2 is 1.75 bits per heavy atom. The normalized spacial score (nSPS) is 19.9. The average Bonchev–Trinajstić information content (AvgIpc) is 2.96. The highest BCUT2D eigenvalue weighted by Gasteiger charge is 2.36. The number of Topliss-reactive ketones (excluding diaryl/α,β-unsaturated/α-hetero) is 1. The number of carbonyl (C=O) groups excluding carboxylic acids is 1. The molecule has 3 N–H and O–H groups in total. The molecule has 6 heteroatoms. The molecule has 32 heavy (non-hydrogen) atoms. The number of ketones is 1. The molecular weight excluding hydrogens is 424 g/mol. The second-order valence-electron chi connectivity index (χ2n) is 8.12. The van der Waals surface area contributed by atoms with E-state index >= 15 is 0 Å². The van der Waals surface area contributed by atoms with E-state index in [0.717, 1.165) is 28.2 Å². The molecule has 0 fully saturated rings. The van der Waals surface area contributed by atoms with Gasteiger partial charge in [-0.15, -0.1) is 0 Å². The first-order chi connectivity index (χ1) is 15.5. The van der Waals surface area contributed by atoms with Crippen LogP contribution in [0.2, 0.25) is 5.02 Å². The Morgan fingerprint density at radius 1 is 1.00 bits per heavy atom. The number of halogens is 1. The van der Waals surface area contributed by atoms with Crippen LogP contribution in [0, 0.1) is 0 Å². The molecular formula is C26H23ClN2O3. The number of anilines is 2. The molecule has 1 aliphatic carbocycles. The van der Waals surface area contributed by atoms with Crippen molar-refractivity contribution in [2.75, 3.05) is 17.7 Å². The van der Waals surface area contributed by atoms with Gasteiger partial charge in [0.15, 0.2) is 17.3 Å². The summed E-state index contributed by atoms with van der Waals surface area (Å²) in [5.74, 6) is 0.488. The zero-order valence-corrected chi connectivity index (χ0v) is 18.3. The summed E-state index contributed by atoms with van der Waals surface area (Å²) in [5.41, 5.74) is 5.15. The topological polar surface area (TPSA) is 70.6 Å². The summed E-state index contributed by atoms with van der Waals surface area (Å²) in [6.45, 7) is 0. The Morgan fingerprint density at radius 3 is 2.50 bits per heavy atom. The predicted octanol–water partition coefficient (Wildman–Crippen LogP) is 6.03. The summed E-state index contributed by atoms with van der Waals surface area (Å²) in [6.07, 6.45) is 1.04. The lowest BCUT2D eigenvalue weighted by Crippen LogP contribution is -2.27. The zero-order chi connectivity index (χ0) is 22.2. The van der Waals surface area contributed by atoms with Crippen LogP contribution in [0.25, 0.3) is 0 Å². The molecule has 2 aliphatic rings. The van der Waals surface area contributed by atoms with Crippen molar-refractivity contribution in [1.82, 2.24) is 0 Å². The van der Waals surface area contributed by atoms with Crippen molar-refractivity contribution in [2.45, 2.75) is 24.8 Å². The molecule has 3 aromatic carbocycles. The van der Waals surface area contributed by atoms with Crippen LogP contribution in [0.1, 0.15) is 35.9 Å². The predicted molar refractivity (Wildman–Crippen MR) is 127 cm³/mol. The molecule has 0 aromatic heterocycles. The number of phenolic OH excluding ortho intramolecular Hbond substituents is 1. The van der Waals surface area contributed by atoms with Gasteiger partial charge in [0.2, 0.25) is 0 Å². The van der Waals surface area contributed by atoms with Gasteiger partial charge < -0.3 is 20.5 Å². The van der Waals surface area contributed by atoms with Crippen LogP contribution in [-0.2, 0) is 4.79 Å². The average molecular weight is 447 g/mol. The molecule has 5 rings (SSSR count). The van der Waals surface area contributed by atoms with E-state index in [-0.39, 0.29) is 17.5 Å². The fourth-order valence-electron chi connectivity index (χ4n) is 4.66. The molecule has 0 bridgehead atoms. The molecule has 0 saturated carbocycles. The second kappa shape index (κ2) is 8.24. The fourth-order valence-corrected chi connectivity index (χ4v) is 4.95. The minimum atomic E-state index is -0.405. The van der Waals surface area contributed by atoms with Gasteiger partial charge in [0.1, 0.15) is 0 Å². The number of aromatic hydroxyl groups is 1. The number of fused-ring (bicyclic) bond motifs is 1. The Balaban J connectivity index is 1.62. The molecule has 162 valence electrons. The van der Waals surface area contributed by atoms with E-state index in [1.807, 2.05) is 54.6 Å². The van der Waals surface area contributed by atoms with E-state index in [4.69, 9.17) is 16.3 Å². The summed E-state index contributed by atoms with van der Waals surface area (Å²) in [5, 5.41) is 18.1. The number of rotatable bonds is 3. The maximum Gasteiger partial charge on any atom is 0.163 e. The first-order valence-corrected chi connectivity index (χ1v) is 10.9. The molecule has 1 aliphatic heterocycles.